The van der Waals surface area contributed by atoms with Crippen LogP contribution in [0.4, 0.5) is 5.69 Å². The zero-order chi connectivity index (χ0) is 14.6. The third-order valence-electron chi connectivity index (χ3n) is 3.59. The van der Waals surface area contributed by atoms with Gasteiger partial charge in [0.15, 0.2) is 0 Å². The van der Waals surface area contributed by atoms with Crippen molar-refractivity contribution in [2.45, 2.75) is 37.1 Å². The van der Waals surface area contributed by atoms with Gasteiger partial charge in [0.05, 0.1) is 18.3 Å². The average molecular weight is 298 g/mol. The van der Waals surface area contributed by atoms with Crippen LogP contribution < -0.4 is 9.62 Å². The molecule has 1 heterocycles. The number of rotatable bonds is 6. The van der Waals surface area contributed by atoms with Crippen molar-refractivity contribution < 1.29 is 13.5 Å². The van der Waals surface area contributed by atoms with E-state index in [0.717, 1.165) is 25.8 Å². The second kappa shape index (κ2) is 6.56. The first-order valence-corrected chi connectivity index (χ1v) is 8.54. The predicted octanol–water partition coefficient (Wildman–Crippen LogP) is 1.34. The molecule has 0 radical (unpaired) electrons. The number of aliphatic hydroxyl groups excluding tert-OH is 1. The lowest BCUT2D eigenvalue weighted by Gasteiger charge is -2.27. The molecule has 1 atom stereocenters. The summed E-state index contributed by atoms with van der Waals surface area (Å²) in [5.41, 5.74) is 0.688. The molecule has 1 aromatic rings. The lowest BCUT2D eigenvalue weighted by molar-refractivity contribution is 0.266. The number of anilines is 1. The maximum absolute atomic E-state index is 12.4. The van der Waals surface area contributed by atoms with E-state index in [-0.39, 0.29) is 12.6 Å². The van der Waals surface area contributed by atoms with E-state index >= 15 is 0 Å². The van der Waals surface area contributed by atoms with Crippen LogP contribution in [-0.4, -0.2) is 39.3 Å². The van der Waals surface area contributed by atoms with Gasteiger partial charge >= 0.3 is 0 Å². The zero-order valence-corrected chi connectivity index (χ0v) is 12.6. The molecule has 0 saturated carbocycles. The lowest BCUT2D eigenvalue weighted by atomic mass is 10.2. The van der Waals surface area contributed by atoms with Gasteiger partial charge in [0, 0.05) is 13.1 Å². The third-order valence-corrected chi connectivity index (χ3v) is 5.10. The van der Waals surface area contributed by atoms with E-state index in [4.69, 9.17) is 0 Å². The van der Waals surface area contributed by atoms with E-state index in [2.05, 4.69) is 4.72 Å². The number of nitrogens with one attached hydrogen (secondary N) is 1. The summed E-state index contributed by atoms with van der Waals surface area (Å²) in [7, 11) is -3.50. The van der Waals surface area contributed by atoms with Crippen molar-refractivity contribution in [1.82, 2.24) is 4.72 Å². The predicted molar refractivity (Wildman–Crippen MR) is 79.4 cm³/mol. The minimum Gasteiger partial charge on any atom is -0.394 e. The summed E-state index contributed by atoms with van der Waals surface area (Å²) in [5.74, 6) is 0. The number of nitrogens with zero attached hydrogens (tertiary/aromatic N) is 1. The summed E-state index contributed by atoms with van der Waals surface area (Å²) in [6, 6.07) is 7.02. The van der Waals surface area contributed by atoms with Gasteiger partial charge in [-0.3, -0.25) is 0 Å². The number of sulfonamides is 1. The molecule has 0 aliphatic carbocycles. The average Bonchev–Trinajstić information content (AvgIpc) is 2.93. The first kappa shape index (κ1) is 15.3. The highest BCUT2D eigenvalue weighted by Gasteiger charge is 2.28. The summed E-state index contributed by atoms with van der Waals surface area (Å²) in [6.45, 7) is 3.19. The molecule has 5 nitrogen and oxygen atoms in total. The number of hydrogen-bond donors (Lipinski definition) is 2. The lowest BCUT2D eigenvalue weighted by Crippen LogP contribution is -2.34. The Kier molecular flexibility index (Phi) is 5.01. The van der Waals surface area contributed by atoms with Crippen molar-refractivity contribution in [3.05, 3.63) is 24.3 Å². The topological polar surface area (TPSA) is 69.6 Å². The summed E-state index contributed by atoms with van der Waals surface area (Å²) in [5, 5.41) is 9.43. The third kappa shape index (κ3) is 3.13. The molecule has 0 spiro atoms. The van der Waals surface area contributed by atoms with Crippen LogP contribution in [0, 0.1) is 0 Å². The maximum Gasteiger partial charge on any atom is 0.242 e. The number of benzene rings is 1. The van der Waals surface area contributed by atoms with Gasteiger partial charge in [-0.2, -0.15) is 0 Å². The molecule has 1 aliphatic heterocycles. The van der Waals surface area contributed by atoms with Crippen LogP contribution in [0.2, 0.25) is 0 Å². The standard InChI is InChI=1S/C14H22N2O3S/c1-2-9-15-20(18,19)14-8-4-3-7-13(14)16-10-5-6-12(16)11-17/h3-4,7-8,12,15,17H,2,5-6,9-11H2,1H3. The Labute approximate surface area is 120 Å². The Balaban J connectivity index is 2.35. The smallest absolute Gasteiger partial charge is 0.242 e. The first-order valence-electron chi connectivity index (χ1n) is 7.06. The quantitative estimate of drug-likeness (QED) is 0.831. The van der Waals surface area contributed by atoms with Crippen molar-refractivity contribution in [3.8, 4) is 0 Å². The fourth-order valence-corrected chi connectivity index (χ4v) is 3.93. The second-order valence-electron chi connectivity index (χ2n) is 5.04. The first-order chi connectivity index (χ1) is 9.60. The fourth-order valence-electron chi connectivity index (χ4n) is 2.58. The molecule has 112 valence electrons. The Bertz CT molecular complexity index is 545. The molecule has 1 aliphatic rings. The van der Waals surface area contributed by atoms with E-state index in [1.54, 1.807) is 12.1 Å². The van der Waals surface area contributed by atoms with Gasteiger partial charge in [0.1, 0.15) is 4.90 Å². The normalized spacial score (nSPS) is 19.5. The van der Waals surface area contributed by atoms with Crippen LogP contribution in [-0.2, 0) is 10.0 Å². The molecule has 1 aromatic carbocycles. The molecule has 2 N–H and O–H groups in total. The summed E-state index contributed by atoms with van der Waals surface area (Å²) in [4.78, 5) is 2.30. The SMILES string of the molecule is CCCNS(=O)(=O)c1ccccc1N1CCCC1CO. The van der Waals surface area contributed by atoms with E-state index in [9.17, 15) is 13.5 Å². The maximum atomic E-state index is 12.4. The van der Waals surface area contributed by atoms with Crippen LogP contribution >= 0.6 is 0 Å². The molecule has 2 rings (SSSR count). The molecule has 0 bridgehead atoms. The number of para-hydroxylation sites is 1. The Morgan fingerprint density at radius 2 is 2.15 bits per heavy atom. The van der Waals surface area contributed by atoms with Crippen molar-refractivity contribution in [3.63, 3.8) is 0 Å². The minimum atomic E-state index is -3.50. The van der Waals surface area contributed by atoms with Crippen LogP contribution in [0.1, 0.15) is 26.2 Å². The highest BCUT2D eigenvalue weighted by molar-refractivity contribution is 7.89. The van der Waals surface area contributed by atoms with Gasteiger partial charge in [0.25, 0.3) is 0 Å². The Hall–Kier alpha value is -1.11. The fraction of sp³-hybridized carbons (Fsp3) is 0.571. The zero-order valence-electron chi connectivity index (χ0n) is 11.7. The molecule has 0 aromatic heterocycles. The molecule has 6 heteroatoms. The van der Waals surface area contributed by atoms with Gasteiger partial charge in [-0.15, -0.1) is 0 Å². The van der Waals surface area contributed by atoms with Crippen molar-refractivity contribution >= 4 is 15.7 Å². The Morgan fingerprint density at radius 3 is 2.85 bits per heavy atom. The van der Waals surface area contributed by atoms with Gasteiger partial charge < -0.3 is 10.0 Å². The monoisotopic (exact) mass is 298 g/mol. The summed E-state index contributed by atoms with van der Waals surface area (Å²) >= 11 is 0. The summed E-state index contributed by atoms with van der Waals surface area (Å²) in [6.07, 6.45) is 2.62. The molecular formula is C14H22N2O3S. The molecule has 1 saturated heterocycles. The van der Waals surface area contributed by atoms with Gasteiger partial charge in [-0.05, 0) is 31.4 Å². The molecule has 0 amide bonds. The summed E-state index contributed by atoms with van der Waals surface area (Å²) < 4.78 is 27.3. The molecule has 1 fully saturated rings. The van der Waals surface area contributed by atoms with Crippen LogP contribution in [0.3, 0.4) is 0 Å². The van der Waals surface area contributed by atoms with E-state index < -0.39 is 10.0 Å². The molecule has 20 heavy (non-hydrogen) atoms. The molecular weight excluding hydrogens is 276 g/mol. The molecule has 1 unspecified atom stereocenters. The highest BCUT2D eigenvalue weighted by Crippen LogP contribution is 2.31. The van der Waals surface area contributed by atoms with E-state index in [1.807, 2.05) is 24.0 Å². The second-order valence-corrected chi connectivity index (χ2v) is 6.77. The Morgan fingerprint density at radius 1 is 1.40 bits per heavy atom. The van der Waals surface area contributed by atoms with Gasteiger partial charge in [-0.25, -0.2) is 13.1 Å². The van der Waals surface area contributed by atoms with Crippen LogP contribution in [0.15, 0.2) is 29.2 Å². The van der Waals surface area contributed by atoms with Crippen LogP contribution in [0.5, 0.6) is 0 Å². The van der Waals surface area contributed by atoms with Gasteiger partial charge in [0.2, 0.25) is 10.0 Å². The highest BCUT2D eigenvalue weighted by atomic mass is 32.2. The largest absolute Gasteiger partial charge is 0.394 e. The van der Waals surface area contributed by atoms with Crippen LogP contribution in [0.25, 0.3) is 0 Å². The number of aliphatic hydroxyl groups is 1. The minimum absolute atomic E-state index is 0.0116. The van der Waals surface area contributed by atoms with Crippen molar-refractivity contribution in [1.29, 1.82) is 0 Å². The number of hydrogen-bond acceptors (Lipinski definition) is 4. The van der Waals surface area contributed by atoms with Crippen molar-refractivity contribution in [2.24, 2.45) is 0 Å². The van der Waals surface area contributed by atoms with E-state index in [0.29, 0.717) is 17.1 Å². The van der Waals surface area contributed by atoms with E-state index in [1.165, 1.54) is 0 Å². The van der Waals surface area contributed by atoms with Crippen molar-refractivity contribution in [2.75, 3.05) is 24.6 Å². The van der Waals surface area contributed by atoms with Gasteiger partial charge in [-0.1, -0.05) is 19.1 Å².